The van der Waals surface area contributed by atoms with E-state index < -0.39 is 32.3 Å². The summed E-state index contributed by atoms with van der Waals surface area (Å²) in [5.41, 5.74) is -0.583. The highest BCUT2D eigenvalue weighted by Crippen LogP contribution is 2.20. The minimum absolute atomic E-state index is 0. The number of carboxylic acid groups (broad SMARTS) is 1. The molecule has 6 nitrogen and oxygen atoms in total. The molecule has 1 aromatic carbocycles. The second-order valence-electron chi connectivity index (χ2n) is 2.46. The molecule has 0 fully saturated rings. The summed E-state index contributed by atoms with van der Waals surface area (Å²) in [7, 11) is -4.45. The number of rotatable bonds is 2. The third kappa shape index (κ3) is 2.01. The van der Waals surface area contributed by atoms with Gasteiger partial charge in [0.05, 0.1) is 4.90 Å². The van der Waals surface area contributed by atoms with Gasteiger partial charge in [-0.05, 0) is 18.2 Å². The predicted octanol–water partition coefficient (Wildman–Crippen LogP) is 1.08. The molecule has 7 heteroatoms. The third-order valence-electron chi connectivity index (χ3n) is 1.50. The molecule has 0 aliphatic carbocycles. The van der Waals surface area contributed by atoms with Crippen LogP contribution in [-0.4, -0.2) is 29.2 Å². The van der Waals surface area contributed by atoms with Crippen molar-refractivity contribution in [2.45, 2.75) is 4.90 Å². The molecular formula is C7H12O6S. The van der Waals surface area contributed by atoms with E-state index in [0.717, 1.165) is 12.1 Å². The van der Waals surface area contributed by atoms with E-state index in [-0.39, 0.29) is 4.28 Å². The Morgan fingerprint density at radius 2 is 1.93 bits per heavy atom. The van der Waals surface area contributed by atoms with Crippen molar-refractivity contribution in [3.05, 3.63) is 23.8 Å². The molecule has 0 atom stereocenters. The van der Waals surface area contributed by atoms with Crippen LogP contribution < -0.4 is 0 Å². The standard InChI is InChI=1S/C7H6O6S.3H2/c8-6-2-1-4(14(11,12)13)3-5(6)7(9)10;;;/h1-3,8H,(H,9,10)(H,11,12,13);3*1H. The third-order valence-corrected chi connectivity index (χ3v) is 2.35. The van der Waals surface area contributed by atoms with Crippen LogP contribution in [0.15, 0.2) is 23.1 Å². The molecule has 14 heavy (non-hydrogen) atoms. The van der Waals surface area contributed by atoms with E-state index in [1.807, 2.05) is 0 Å². The van der Waals surface area contributed by atoms with E-state index in [9.17, 15) is 13.2 Å². The Labute approximate surface area is 83.6 Å². The lowest BCUT2D eigenvalue weighted by Gasteiger charge is -2.01. The van der Waals surface area contributed by atoms with Gasteiger partial charge in [0.15, 0.2) is 0 Å². The molecule has 0 aliphatic heterocycles. The Morgan fingerprint density at radius 3 is 2.36 bits per heavy atom. The van der Waals surface area contributed by atoms with Crippen LogP contribution in [0.1, 0.15) is 14.6 Å². The molecule has 0 saturated heterocycles. The maximum Gasteiger partial charge on any atom is 0.339 e. The van der Waals surface area contributed by atoms with Crippen molar-refractivity contribution in [2.75, 3.05) is 0 Å². The highest BCUT2D eigenvalue weighted by Gasteiger charge is 2.15. The maximum atomic E-state index is 10.6. The molecule has 0 aliphatic rings. The first kappa shape index (κ1) is 10.5. The van der Waals surface area contributed by atoms with Crippen LogP contribution in [0.5, 0.6) is 5.75 Å². The fourth-order valence-corrected chi connectivity index (χ4v) is 1.35. The normalized spacial score (nSPS) is 11.2. The molecule has 82 valence electrons. The Balaban J connectivity index is -0.000000653. The van der Waals surface area contributed by atoms with Gasteiger partial charge in [-0.15, -0.1) is 0 Å². The van der Waals surface area contributed by atoms with E-state index in [0.29, 0.717) is 6.07 Å². The van der Waals surface area contributed by atoms with Crippen molar-refractivity contribution in [1.82, 2.24) is 0 Å². The zero-order chi connectivity index (χ0) is 10.9. The van der Waals surface area contributed by atoms with Gasteiger partial charge in [0.2, 0.25) is 0 Å². The van der Waals surface area contributed by atoms with E-state index >= 15 is 0 Å². The highest BCUT2D eigenvalue weighted by atomic mass is 32.2. The molecule has 0 bridgehead atoms. The second kappa shape index (κ2) is 3.28. The van der Waals surface area contributed by atoms with Crippen molar-refractivity contribution in [1.29, 1.82) is 0 Å². The Bertz CT molecular complexity index is 486. The SMILES string of the molecule is O=C(O)c1cc(S(=O)(=O)O)ccc1O.[HH].[HH].[HH]. The van der Waals surface area contributed by atoms with Crippen LogP contribution in [0.4, 0.5) is 0 Å². The average Bonchev–Trinajstić information content (AvgIpc) is 2.02. The molecule has 3 N–H and O–H groups in total. The van der Waals surface area contributed by atoms with Gasteiger partial charge >= 0.3 is 5.97 Å². The molecule has 0 heterocycles. The van der Waals surface area contributed by atoms with Gasteiger partial charge in [-0.1, -0.05) is 0 Å². The first-order chi connectivity index (χ1) is 6.32. The Kier molecular flexibility index (Phi) is 2.45. The minimum atomic E-state index is -4.45. The monoisotopic (exact) mass is 224 g/mol. The van der Waals surface area contributed by atoms with Crippen molar-refractivity contribution in [2.24, 2.45) is 0 Å². The maximum absolute atomic E-state index is 10.6. The highest BCUT2D eigenvalue weighted by molar-refractivity contribution is 7.85. The molecule has 1 aromatic rings. The zero-order valence-electron chi connectivity index (χ0n) is 6.71. The predicted molar refractivity (Wildman–Crippen MR) is 51.2 cm³/mol. The number of aromatic hydroxyl groups is 1. The fourth-order valence-electron chi connectivity index (χ4n) is 0.847. The van der Waals surface area contributed by atoms with E-state index in [1.54, 1.807) is 0 Å². The first-order valence-corrected chi connectivity index (χ1v) is 4.80. The average molecular weight is 224 g/mol. The topological polar surface area (TPSA) is 112 Å². The van der Waals surface area contributed by atoms with Crippen molar-refractivity contribution in [3.63, 3.8) is 0 Å². The Morgan fingerprint density at radius 1 is 1.36 bits per heavy atom. The summed E-state index contributed by atoms with van der Waals surface area (Å²) in [4.78, 5) is 9.89. The van der Waals surface area contributed by atoms with Crippen molar-refractivity contribution >= 4 is 16.1 Å². The number of carboxylic acids is 1. The molecule has 0 amide bonds. The number of hydrogen-bond donors (Lipinski definition) is 3. The number of benzene rings is 1. The second-order valence-corrected chi connectivity index (χ2v) is 3.88. The van der Waals surface area contributed by atoms with Crippen molar-refractivity contribution < 1.29 is 32.3 Å². The molecule has 0 aromatic heterocycles. The molecule has 0 radical (unpaired) electrons. The van der Waals surface area contributed by atoms with Crippen LogP contribution in [0, 0.1) is 0 Å². The van der Waals surface area contributed by atoms with Gasteiger partial charge < -0.3 is 10.2 Å². The molecular weight excluding hydrogens is 212 g/mol. The van der Waals surface area contributed by atoms with Crippen LogP contribution in [-0.2, 0) is 10.1 Å². The van der Waals surface area contributed by atoms with Gasteiger partial charge in [0, 0.05) is 4.28 Å². The van der Waals surface area contributed by atoms with Gasteiger partial charge in [-0.2, -0.15) is 8.42 Å². The smallest absolute Gasteiger partial charge is 0.339 e. The lowest BCUT2D eigenvalue weighted by Crippen LogP contribution is -2.02. The van der Waals surface area contributed by atoms with Crippen LogP contribution in [0.25, 0.3) is 0 Å². The number of hydrogen-bond acceptors (Lipinski definition) is 4. The summed E-state index contributed by atoms with van der Waals surface area (Å²) in [5.74, 6) is -2.04. The van der Waals surface area contributed by atoms with Crippen LogP contribution in [0.2, 0.25) is 0 Å². The number of aromatic carboxylic acids is 1. The van der Waals surface area contributed by atoms with Gasteiger partial charge in [0.25, 0.3) is 10.1 Å². The molecule has 1 rings (SSSR count). The summed E-state index contributed by atoms with van der Waals surface area (Å²) in [6, 6.07) is 2.46. The van der Waals surface area contributed by atoms with E-state index in [4.69, 9.17) is 14.8 Å². The van der Waals surface area contributed by atoms with Gasteiger partial charge in [0.1, 0.15) is 11.3 Å². The van der Waals surface area contributed by atoms with E-state index in [2.05, 4.69) is 0 Å². The quantitative estimate of drug-likeness (QED) is 0.648. The summed E-state index contributed by atoms with van der Waals surface area (Å²) in [6.45, 7) is 0. The fraction of sp³-hybridized carbons (Fsp3) is 0. The largest absolute Gasteiger partial charge is 0.507 e. The number of phenols is 1. The van der Waals surface area contributed by atoms with Crippen LogP contribution in [0.3, 0.4) is 0 Å². The summed E-state index contributed by atoms with van der Waals surface area (Å²) in [6.07, 6.45) is 0. The van der Waals surface area contributed by atoms with E-state index in [1.165, 1.54) is 0 Å². The zero-order valence-corrected chi connectivity index (χ0v) is 7.52. The lowest BCUT2D eigenvalue weighted by molar-refractivity contribution is 0.0693. The molecule has 0 unspecified atom stereocenters. The lowest BCUT2D eigenvalue weighted by atomic mass is 10.2. The first-order valence-electron chi connectivity index (χ1n) is 3.36. The molecule has 0 spiro atoms. The number of carbonyl (C=O) groups is 1. The molecule has 0 saturated carbocycles. The van der Waals surface area contributed by atoms with Gasteiger partial charge in [-0.3, -0.25) is 4.55 Å². The minimum Gasteiger partial charge on any atom is -0.507 e. The summed E-state index contributed by atoms with van der Waals surface area (Å²) < 4.78 is 29.8. The van der Waals surface area contributed by atoms with Gasteiger partial charge in [-0.25, -0.2) is 4.79 Å². The summed E-state index contributed by atoms with van der Waals surface area (Å²) >= 11 is 0. The Hall–Kier alpha value is -1.60. The summed E-state index contributed by atoms with van der Waals surface area (Å²) in [5, 5.41) is 17.5. The van der Waals surface area contributed by atoms with Crippen molar-refractivity contribution in [3.8, 4) is 5.75 Å². The van der Waals surface area contributed by atoms with Crippen LogP contribution >= 0.6 is 0 Å².